The fourth-order valence-corrected chi connectivity index (χ4v) is 4.57. The summed E-state index contributed by atoms with van der Waals surface area (Å²) < 4.78 is 13.4. The lowest BCUT2D eigenvalue weighted by Gasteiger charge is -2.36. The third-order valence-electron chi connectivity index (χ3n) is 6.19. The molecule has 1 aromatic heterocycles. The Labute approximate surface area is 157 Å². The summed E-state index contributed by atoms with van der Waals surface area (Å²) in [5.74, 6) is 0.579. The molecule has 2 atom stereocenters. The highest BCUT2D eigenvalue weighted by Gasteiger charge is 2.56. The SMILES string of the molecule is COc1ccc2c(c1)OC[C@]1(C(=O)O)CN(Cc3cncn3C3CC3)CC21. The molecule has 1 saturated heterocycles. The van der Waals surface area contributed by atoms with Crippen molar-refractivity contribution in [2.75, 3.05) is 26.8 Å². The van der Waals surface area contributed by atoms with Gasteiger partial charge in [-0.05, 0) is 18.9 Å². The highest BCUT2D eigenvalue weighted by molar-refractivity contribution is 5.78. The Bertz CT molecular complexity index is 891. The quantitative estimate of drug-likeness (QED) is 0.871. The standard InChI is InChI=1S/C20H23N3O4/c1-26-15-4-5-16-17-9-22(8-14-7-21-12-23(14)13-2-3-13)10-20(17,19(24)25)11-27-18(16)6-15/h4-7,12-13,17H,2-3,8-11H2,1H3,(H,24,25)/t17?,20-/m1/s1. The molecule has 5 rings (SSSR count). The van der Waals surface area contributed by atoms with Gasteiger partial charge in [0.1, 0.15) is 23.5 Å². The number of rotatable bonds is 5. The van der Waals surface area contributed by atoms with E-state index in [1.807, 2.05) is 30.7 Å². The van der Waals surface area contributed by atoms with Crippen molar-refractivity contribution in [2.24, 2.45) is 5.41 Å². The molecule has 1 unspecified atom stereocenters. The number of ether oxygens (including phenoxy) is 2. The van der Waals surface area contributed by atoms with Crippen LogP contribution < -0.4 is 9.47 Å². The minimum atomic E-state index is -0.911. The summed E-state index contributed by atoms with van der Waals surface area (Å²) in [6.07, 6.45) is 6.21. The van der Waals surface area contributed by atoms with Crippen molar-refractivity contribution in [1.82, 2.24) is 14.5 Å². The number of nitrogens with zero attached hydrogens (tertiary/aromatic N) is 3. The number of hydrogen-bond donors (Lipinski definition) is 1. The maximum absolute atomic E-state index is 12.3. The zero-order valence-electron chi connectivity index (χ0n) is 15.3. The summed E-state index contributed by atoms with van der Waals surface area (Å²) in [5.41, 5.74) is 1.21. The van der Waals surface area contributed by atoms with Crippen LogP contribution in [0.2, 0.25) is 0 Å². The maximum atomic E-state index is 12.3. The van der Waals surface area contributed by atoms with Crippen molar-refractivity contribution < 1.29 is 19.4 Å². The van der Waals surface area contributed by atoms with E-state index in [9.17, 15) is 9.90 Å². The van der Waals surface area contributed by atoms with Gasteiger partial charge in [0, 0.05) is 49.4 Å². The largest absolute Gasteiger partial charge is 0.497 e. The first-order valence-electron chi connectivity index (χ1n) is 9.38. The van der Waals surface area contributed by atoms with E-state index in [0.29, 0.717) is 25.7 Å². The van der Waals surface area contributed by atoms with Crippen molar-refractivity contribution in [3.05, 3.63) is 42.0 Å². The van der Waals surface area contributed by atoms with Gasteiger partial charge in [0.15, 0.2) is 0 Å². The van der Waals surface area contributed by atoms with Crippen LogP contribution in [0.25, 0.3) is 0 Å². The third-order valence-corrected chi connectivity index (χ3v) is 6.19. The van der Waals surface area contributed by atoms with Gasteiger partial charge in [-0.25, -0.2) is 4.98 Å². The number of carboxylic acid groups (broad SMARTS) is 1. The summed E-state index contributed by atoms with van der Waals surface area (Å²) in [6.45, 7) is 2.08. The van der Waals surface area contributed by atoms with E-state index in [4.69, 9.17) is 9.47 Å². The highest BCUT2D eigenvalue weighted by atomic mass is 16.5. The van der Waals surface area contributed by atoms with Crippen molar-refractivity contribution in [3.8, 4) is 11.5 Å². The molecule has 3 heterocycles. The minimum absolute atomic E-state index is 0.0954. The number of fused-ring (bicyclic) bond motifs is 3. The monoisotopic (exact) mass is 369 g/mol. The number of aromatic nitrogens is 2. The number of methoxy groups -OCH3 is 1. The molecule has 1 aliphatic carbocycles. The first-order chi connectivity index (χ1) is 13.1. The third kappa shape index (κ3) is 2.60. The first-order valence-corrected chi connectivity index (χ1v) is 9.38. The molecule has 142 valence electrons. The Morgan fingerprint density at radius 3 is 3.04 bits per heavy atom. The number of benzene rings is 1. The lowest BCUT2D eigenvalue weighted by Crippen LogP contribution is -2.45. The van der Waals surface area contributed by atoms with E-state index < -0.39 is 11.4 Å². The number of hydrogen-bond acceptors (Lipinski definition) is 5. The number of carboxylic acids is 1. The van der Waals surface area contributed by atoms with Crippen LogP contribution >= 0.6 is 0 Å². The number of aliphatic carboxylic acids is 1. The molecule has 0 spiro atoms. The van der Waals surface area contributed by atoms with Gasteiger partial charge in [-0.2, -0.15) is 0 Å². The Morgan fingerprint density at radius 2 is 2.30 bits per heavy atom. The maximum Gasteiger partial charge on any atom is 0.315 e. The predicted octanol–water partition coefficient (Wildman–Crippen LogP) is 2.29. The van der Waals surface area contributed by atoms with E-state index in [1.54, 1.807) is 7.11 Å². The van der Waals surface area contributed by atoms with Gasteiger partial charge in [-0.1, -0.05) is 6.07 Å². The van der Waals surface area contributed by atoms with Gasteiger partial charge >= 0.3 is 5.97 Å². The topological polar surface area (TPSA) is 76.8 Å². The van der Waals surface area contributed by atoms with Crippen LogP contribution in [0.15, 0.2) is 30.7 Å². The molecule has 27 heavy (non-hydrogen) atoms. The van der Waals surface area contributed by atoms with Crippen LogP contribution in [0.1, 0.15) is 36.1 Å². The Balaban J connectivity index is 1.45. The average Bonchev–Trinajstić information content (AvgIpc) is 3.28. The average molecular weight is 369 g/mol. The van der Waals surface area contributed by atoms with Crippen LogP contribution in [0.4, 0.5) is 0 Å². The summed E-state index contributed by atoms with van der Waals surface area (Å²) in [6, 6.07) is 6.25. The molecule has 2 fully saturated rings. The number of imidazole rings is 1. The van der Waals surface area contributed by atoms with Crippen LogP contribution in [-0.4, -0.2) is 52.3 Å². The Kier molecular flexibility index (Phi) is 3.69. The lowest BCUT2D eigenvalue weighted by molar-refractivity contribution is -0.151. The van der Waals surface area contributed by atoms with Gasteiger partial charge in [0.2, 0.25) is 0 Å². The van der Waals surface area contributed by atoms with Gasteiger partial charge in [-0.3, -0.25) is 9.69 Å². The molecule has 2 aliphatic heterocycles. The second-order valence-corrected chi connectivity index (χ2v) is 7.90. The van der Waals surface area contributed by atoms with E-state index in [-0.39, 0.29) is 12.5 Å². The van der Waals surface area contributed by atoms with Gasteiger partial charge in [0.05, 0.1) is 19.1 Å². The second kappa shape index (κ2) is 5.99. The molecule has 1 aromatic carbocycles. The normalized spacial score (nSPS) is 26.9. The van der Waals surface area contributed by atoms with Crippen molar-refractivity contribution in [1.29, 1.82) is 0 Å². The second-order valence-electron chi connectivity index (χ2n) is 7.90. The minimum Gasteiger partial charge on any atom is -0.497 e. The Hall–Kier alpha value is -2.54. The number of carbonyl (C=O) groups is 1. The van der Waals surface area contributed by atoms with Crippen molar-refractivity contribution in [3.63, 3.8) is 0 Å². The van der Waals surface area contributed by atoms with E-state index in [2.05, 4.69) is 14.5 Å². The van der Waals surface area contributed by atoms with E-state index >= 15 is 0 Å². The molecular formula is C20H23N3O4. The predicted molar refractivity (Wildman–Crippen MR) is 97.1 cm³/mol. The molecule has 0 radical (unpaired) electrons. The van der Waals surface area contributed by atoms with Crippen LogP contribution in [-0.2, 0) is 11.3 Å². The molecule has 2 aromatic rings. The molecular weight excluding hydrogens is 346 g/mol. The van der Waals surface area contributed by atoms with E-state index in [0.717, 1.165) is 22.8 Å². The van der Waals surface area contributed by atoms with E-state index in [1.165, 1.54) is 12.8 Å². The summed E-state index contributed by atoms with van der Waals surface area (Å²) >= 11 is 0. The van der Waals surface area contributed by atoms with Gasteiger partial charge in [-0.15, -0.1) is 0 Å². The smallest absolute Gasteiger partial charge is 0.315 e. The fourth-order valence-electron chi connectivity index (χ4n) is 4.57. The first kappa shape index (κ1) is 16.6. The molecule has 7 nitrogen and oxygen atoms in total. The zero-order chi connectivity index (χ0) is 18.6. The highest BCUT2D eigenvalue weighted by Crippen LogP contribution is 2.50. The molecule has 7 heteroatoms. The molecule has 0 amide bonds. The molecule has 3 aliphatic rings. The van der Waals surface area contributed by atoms with Crippen LogP contribution in [0.5, 0.6) is 11.5 Å². The molecule has 1 N–H and O–H groups in total. The molecule has 0 bridgehead atoms. The zero-order valence-corrected chi connectivity index (χ0v) is 15.3. The fraction of sp³-hybridized carbons (Fsp3) is 0.500. The summed E-state index contributed by atoms with van der Waals surface area (Å²) in [5, 5.41) is 10.1. The summed E-state index contributed by atoms with van der Waals surface area (Å²) in [4.78, 5) is 18.8. The van der Waals surface area contributed by atoms with Crippen LogP contribution in [0, 0.1) is 5.41 Å². The van der Waals surface area contributed by atoms with Gasteiger partial charge in [0.25, 0.3) is 0 Å². The van der Waals surface area contributed by atoms with Crippen molar-refractivity contribution >= 4 is 5.97 Å². The Morgan fingerprint density at radius 1 is 1.44 bits per heavy atom. The van der Waals surface area contributed by atoms with Gasteiger partial charge < -0.3 is 19.1 Å². The lowest BCUT2D eigenvalue weighted by atomic mass is 9.73. The number of likely N-dealkylation sites (tertiary alicyclic amines) is 1. The van der Waals surface area contributed by atoms with Crippen LogP contribution in [0.3, 0.4) is 0 Å². The van der Waals surface area contributed by atoms with Crippen molar-refractivity contribution in [2.45, 2.75) is 31.3 Å². The molecule has 1 saturated carbocycles. The summed E-state index contributed by atoms with van der Waals surface area (Å²) in [7, 11) is 1.62.